The van der Waals surface area contributed by atoms with E-state index in [0.717, 1.165) is 17.8 Å². The second-order valence-corrected chi connectivity index (χ2v) is 5.66. The zero-order valence-corrected chi connectivity index (χ0v) is 11.2. The summed E-state index contributed by atoms with van der Waals surface area (Å²) in [5.41, 5.74) is -0.669. The molecule has 0 amide bonds. The summed E-state index contributed by atoms with van der Waals surface area (Å²) in [6.07, 6.45) is -4.72. The molecule has 2 aromatic rings. The summed E-state index contributed by atoms with van der Waals surface area (Å²) >= 11 is 2.22. The van der Waals surface area contributed by atoms with E-state index in [0.29, 0.717) is 10.0 Å². The molecule has 0 aliphatic rings. The van der Waals surface area contributed by atoms with Crippen LogP contribution in [0.2, 0.25) is 0 Å². The van der Waals surface area contributed by atoms with Crippen molar-refractivity contribution < 1.29 is 23.1 Å². The third-order valence-electron chi connectivity index (χ3n) is 1.99. The Balaban J connectivity index is 2.06. The fourth-order valence-corrected chi connectivity index (χ4v) is 2.88. The molecule has 1 N–H and O–H groups in total. The molecule has 5 nitrogen and oxygen atoms in total. The minimum atomic E-state index is -4.52. The van der Waals surface area contributed by atoms with Gasteiger partial charge in [-0.25, -0.2) is 4.98 Å². The first kappa shape index (κ1) is 14.7. The lowest BCUT2D eigenvalue weighted by Crippen LogP contribution is -2.08. The molecule has 20 heavy (non-hydrogen) atoms. The highest BCUT2D eigenvalue weighted by atomic mass is 32.2. The Morgan fingerprint density at radius 2 is 2.10 bits per heavy atom. The van der Waals surface area contributed by atoms with Crippen LogP contribution in [0.3, 0.4) is 0 Å². The first-order valence-corrected chi connectivity index (χ1v) is 6.79. The third-order valence-corrected chi connectivity index (χ3v) is 3.90. The van der Waals surface area contributed by atoms with Crippen LogP contribution >= 0.6 is 23.1 Å². The summed E-state index contributed by atoms with van der Waals surface area (Å²) in [5, 5.41) is 17.0. The number of carboxylic acid groups (broad SMARTS) is 1. The van der Waals surface area contributed by atoms with Crippen molar-refractivity contribution in [1.29, 1.82) is 0 Å². The molecule has 0 atom stereocenters. The Hall–Kier alpha value is -1.68. The number of alkyl halides is 3. The van der Waals surface area contributed by atoms with Gasteiger partial charge in [0.15, 0.2) is 10.0 Å². The van der Waals surface area contributed by atoms with E-state index >= 15 is 0 Å². The van der Waals surface area contributed by atoms with Crippen LogP contribution in [-0.4, -0.2) is 26.3 Å². The van der Waals surface area contributed by atoms with Gasteiger partial charge in [0, 0.05) is 5.38 Å². The van der Waals surface area contributed by atoms with Crippen LogP contribution in [0.15, 0.2) is 26.9 Å². The molecular formula is C10H6F3N3O2S2. The van der Waals surface area contributed by atoms with Crippen molar-refractivity contribution in [2.45, 2.75) is 22.0 Å². The summed E-state index contributed by atoms with van der Waals surface area (Å²) in [5.74, 6) is -0.999. The first-order chi connectivity index (χ1) is 9.34. The number of rotatable bonds is 4. The topological polar surface area (TPSA) is 76.0 Å². The van der Waals surface area contributed by atoms with Crippen LogP contribution in [0.25, 0.3) is 0 Å². The van der Waals surface area contributed by atoms with Crippen molar-refractivity contribution in [3.05, 3.63) is 28.9 Å². The van der Waals surface area contributed by atoms with E-state index in [4.69, 9.17) is 5.11 Å². The number of carbonyl (C=O) groups is 1. The van der Waals surface area contributed by atoms with Crippen molar-refractivity contribution in [2.24, 2.45) is 0 Å². The van der Waals surface area contributed by atoms with Crippen LogP contribution in [-0.2, 0) is 17.4 Å². The number of nitrogens with zero attached hydrogens (tertiary/aromatic N) is 3. The molecule has 0 radical (unpaired) electrons. The van der Waals surface area contributed by atoms with Gasteiger partial charge in [0.25, 0.3) is 0 Å². The largest absolute Gasteiger partial charge is 0.481 e. The monoisotopic (exact) mass is 321 g/mol. The van der Waals surface area contributed by atoms with Gasteiger partial charge in [0.05, 0.1) is 12.1 Å². The number of thiazole rings is 1. The van der Waals surface area contributed by atoms with Gasteiger partial charge in [-0.1, -0.05) is 0 Å². The molecule has 0 unspecified atom stereocenters. The van der Waals surface area contributed by atoms with Crippen LogP contribution in [0, 0.1) is 0 Å². The summed E-state index contributed by atoms with van der Waals surface area (Å²) in [7, 11) is 0. The minimum absolute atomic E-state index is 0.199. The second-order valence-electron chi connectivity index (χ2n) is 3.53. The van der Waals surface area contributed by atoms with Gasteiger partial charge in [-0.3, -0.25) is 4.79 Å². The number of aromatic nitrogens is 3. The van der Waals surface area contributed by atoms with Crippen LogP contribution in [0.4, 0.5) is 13.2 Å². The van der Waals surface area contributed by atoms with Gasteiger partial charge in [-0.15, -0.1) is 21.5 Å². The summed E-state index contributed by atoms with van der Waals surface area (Å²) in [4.78, 5) is 14.5. The maximum absolute atomic E-state index is 12.3. The molecule has 0 aliphatic carbocycles. The maximum atomic E-state index is 12.3. The van der Waals surface area contributed by atoms with E-state index in [9.17, 15) is 18.0 Å². The number of carboxylic acids is 1. The molecule has 2 rings (SSSR count). The Morgan fingerprint density at radius 3 is 2.65 bits per heavy atom. The Kier molecular flexibility index (Phi) is 4.23. The quantitative estimate of drug-likeness (QED) is 0.933. The van der Waals surface area contributed by atoms with Crippen molar-refractivity contribution in [2.75, 3.05) is 0 Å². The van der Waals surface area contributed by atoms with Crippen molar-refractivity contribution in [3.8, 4) is 0 Å². The average Bonchev–Trinajstić information content (AvgIpc) is 2.75. The molecule has 2 aromatic heterocycles. The lowest BCUT2D eigenvalue weighted by molar-refractivity contribution is -0.142. The van der Waals surface area contributed by atoms with Gasteiger partial charge in [-0.05, 0) is 23.9 Å². The van der Waals surface area contributed by atoms with E-state index in [2.05, 4.69) is 15.2 Å². The van der Waals surface area contributed by atoms with Crippen LogP contribution in [0.5, 0.6) is 0 Å². The SMILES string of the molecule is O=C(O)Cc1csc(Sc2ccc(C(F)(F)F)nn2)n1. The van der Waals surface area contributed by atoms with Crippen molar-refractivity contribution in [1.82, 2.24) is 15.2 Å². The molecule has 0 fully saturated rings. The lowest BCUT2D eigenvalue weighted by Gasteiger charge is -2.04. The van der Waals surface area contributed by atoms with E-state index in [1.54, 1.807) is 5.38 Å². The maximum Gasteiger partial charge on any atom is 0.435 e. The molecule has 2 heterocycles. The zero-order chi connectivity index (χ0) is 14.8. The highest BCUT2D eigenvalue weighted by Crippen LogP contribution is 2.31. The Morgan fingerprint density at radius 1 is 1.35 bits per heavy atom. The van der Waals surface area contributed by atoms with Crippen molar-refractivity contribution >= 4 is 29.1 Å². The summed E-state index contributed by atoms with van der Waals surface area (Å²) < 4.78 is 37.4. The lowest BCUT2D eigenvalue weighted by atomic mass is 10.3. The van der Waals surface area contributed by atoms with E-state index in [1.807, 2.05) is 0 Å². The molecule has 0 saturated heterocycles. The molecule has 0 saturated carbocycles. The second kappa shape index (κ2) is 5.75. The molecule has 10 heteroatoms. The predicted molar refractivity (Wildman–Crippen MR) is 64.6 cm³/mol. The van der Waals surface area contributed by atoms with Gasteiger partial charge in [-0.2, -0.15) is 13.2 Å². The van der Waals surface area contributed by atoms with Crippen molar-refractivity contribution in [3.63, 3.8) is 0 Å². The van der Waals surface area contributed by atoms with E-state index in [1.165, 1.54) is 17.4 Å². The number of aliphatic carboxylic acids is 1. The highest BCUT2D eigenvalue weighted by molar-refractivity contribution is 8.00. The summed E-state index contributed by atoms with van der Waals surface area (Å²) in [6, 6.07) is 2.03. The standard InChI is InChI=1S/C10H6F3N3O2S2/c11-10(12,13)6-1-2-7(16-15-6)20-9-14-5(4-19-9)3-8(17)18/h1-2,4H,3H2,(H,17,18). The highest BCUT2D eigenvalue weighted by Gasteiger charge is 2.32. The van der Waals surface area contributed by atoms with Gasteiger partial charge >= 0.3 is 12.1 Å². The van der Waals surface area contributed by atoms with Crippen LogP contribution < -0.4 is 0 Å². The predicted octanol–water partition coefficient (Wildman–Crippen LogP) is 2.73. The van der Waals surface area contributed by atoms with Gasteiger partial charge < -0.3 is 5.11 Å². The molecular weight excluding hydrogens is 315 g/mol. The number of halogens is 3. The Labute approximate surface area is 118 Å². The van der Waals surface area contributed by atoms with E-state index < -0.39 is 17.8 Å². The van der Waals surface area contributed by atoms with Gasteiger partial charge in [0.2, 0.25) is 0 Å². The fourth-order valence-electron chi connectivity index (χ4n) is 1.19. The molecule has 0 aromatic carbocycles. The fraction of sp³-hybridized carbons (Fsp3) is 0.200. The smallest absolute Gasteiger partial charge is 0.435 e. The number of hydrogen-bond acceptors (Lipinski definition) is 6. The molecule has 0 bridgehead atoms. The number of hydrogen-bond donors (Lipinski definition) is 1. The van der Waals surface area contributed by atoms with E-state index in [-0.39, 0.29) is 11.4 Å². The average molecular weight is 321 g/mol. The normalized spacial score (nSPS) is 11.6. The Bertz CT molecular complexity index is 613. The van der Waals surface area contributed by atoms with Crippen LogP contribution in [0.1, 0.15) is 11.4 Å². The first-order valence-electron chi connectivity index (χ1n) is 5.09. The zero-order valence-electron chi connectivity index (χ0n) is 9.59. The van der Waals surface area contributed by atoms with Gasteiger partial charge in [0.1, 0.15) is 5.03 Å². The molecule has 0 aliphatic heterocycles. The minimum Gasteiger partial charge on any atom is -0.481 e. The third kappa shape index (κ3) is 3.90. The summed E-state index contributed by atoms with van der Waals surface area (Å²) in [6.45, 7) is 0. The molecule has 106 valence electrons. The molecule has 0 spiro atoms.